The summed E-state index contributed by atoms with van der Waals surface area (Å²) in [7, 11) is 0. The molecule has 1 N–H and O–H groups in total. The molecule has 0 spiro atoms. The van der Waals surface area contributed by atoms with Gasteiger partial charge in [0.2, 0.25) is 5.95 Å². The number of nitrogens with zero attached hydrogens (tertiary/aromatic N) is 5. The first-order valence-corrected chi connectivity index (χ1v) is 12.2. The maximum absolute atomic E-state index is 13.8. The minimum Gasteiger partial charge on any atom is -0.361 e. The number of aryl methyl sites for hydroxylation is 1. The van der Waals surface area contributed by atoms with Crippen LogP contribution >= 0.6 is 11.5 Å². The third-order valence-corrected chi connectivity index (χ3v) is 7.94. The topological polar surface area (TPSA) is 58.4 Å². The molecule has 2 atom stereocenters. The largest absolute Gasteiger partial charge is 0.419 e. The lowest BCUT2D eigenvalue weighted by atomic mass is 9.92. The number of nitrogens with one attached hydrogen (secondary N) is 1. The van der Waals surface area contributed by atoms with Crippen LogP contribution in [0.4, 0.5) is 28.5 Å². The van der Waals surface area contributed by atoms with Gasteiger partial charge >= 0.3 is 6.18 Å². The van der Waals surface area contributed by atoms with Crippen LogP contribution in [0.5, 0.6) is 0 Å². The van der Waals surface area contributed by atoms with Crippen molar-refractivity contribution >= 4 is 28.1 Å². The minimum atomic E-state index is -4.78. The molecule has 4 aromatic rings. The standard InChI is InChI=1S/C24H22F4N6S/c1-13-9-20(35-32-13)33-11-15-4-5-16(12-33)21(15)29-23-30-22-17(3-2-8-34(22)31-23)14-6-7-19(25)18(10-14)24(26,27)28/h2-3,6-10,15-16,21H,4-5,11-12H2,1H3,(H,29,31). The van der Waals surface area contributed by atoms with Crippen LogP contribution in [-0.2, 0) is 6.18 Å². The number of benzene rings is 1. The molecule has 4 heterocycles. The Balaban J connectivity index is 1.27. The quantitative estimate of drug-likeness (QED) is 0.366. The second-order valence-corrected chi connectivity index (χ2v) is 10.1. The number of hydrogen-bond donors (Lipinski definition) is 1. The Morgan fingerprint density at radius 1 is 1.09 bits per heavy atom. The number of anilines is 2. The van der Waals surface area contributed by atoms with Gasteiger partial charge in [-0.3, -0.25) is 0 Å². The summed E-state index contributed by atoms with van der Waals surface area (Å²) in [6, 6.07) is 8.71. The SMILES string of the molecule is Cc1cc(N2CC3CCC(C2)C3Nc2nc3c(-c4ccc(F)c(C(F)(F)F)c4)cccn3n2)sn1. The molecule has 0 amide bonds. The van der Waals surface area contributed by atoms with Crippen molar-refractivity contribution in [3.8, 4) is 11.1 Å². The highest BCUT2D eigenvalue weighted by molar-refractivity contribution is 7.10. The van der Waals surface area contributed by atoms with Crippen molar-refractivity contribution in [1.82, 2.24) is 19.0 Å². The molecule has 35 heavy (non-hydrogen) atoms. The van der Waals surface area contributed by atoms with Crippen LogP contribution in [0.25, 0.3) is 16.8 Å². The van der Waals surface area contributed by atoms with Gasteiger partial charge < -0.3 is 10.2 Å². The van der Waals surface area contributed by atoms with Gasteiger partial charge in [0.25, 0.3) is 0 Å². The van der Waals surface area contributed by atoms with E-state index in [0.717, 1.165) is 43.8 Å². The fourth-order valence-electron chi connectivity index (χ4n) is 5.39. The lowest BCUT2D eigenvalue weighted by molar-refractivity contribution is -0.139. The van der Waals surface area contributed by atoms with Crippen molar-refractivity contribution in [3.63, 3.8) is 0 Å². The third-order valence-electron chi connectivity index (χ3n) is 7.00. The van der Waals surface area contributed by atoms with Crippen molar-refractivity contribution in [1.29, 1.82) is 0 Å². The maximum atomic E-state index is 13.8. The molecule has 2 aliphatic rings. The van der Waals surface area contributed by atoms with Crippen LogP contribution in [0.3, 0.4) is 0 Å². The fraction of sp³-hybridized carbons (Fsp3) is 0.375. The van der Waals surface area contributed by atoms with Gasteiger partial charge in [0.15, 0.2) is 5.65 Å². The number of halogens is 4. The molecule has 1 saturated heterocycles. The Kier molecular flexibility index (Phi) is 5.21. The second-order valence-electron chi connectivity index (χ2n) is 9.30. The summed E-state index contributed by atoms with van der Waals surface area (Å²) < 4.78 is 59.5. The normalized spacial score (nSPS) is 22.2. The Morgan fingerprint density at radius 3 is 2.54 bits per heavy atom. The van der Waals surface area contributed by atoms with Crippen molar-refractivity contribution < 1.29 is 17.6 Å². The zero-order chi connectivity index (χ0) is 24.3. The van der Waals surface area contributed by atoms with Gasteiger partial charge in [-0.2, -0.15) is 22.5 Å². The highest BCUT2D eigenvalue weighted by Gasteiger charge is 2.43. The summed E-state index contributed by atoms with van der Waals surface area (Å²) in [5, 5.41) is 9.25. The Bertz CT molecular complexity index is 1380. The van der Waals surface area contributed by atoms with E-state index in [1.54, 1.807) is 22.8 Å². The third kappa shape index (κ3) is 4.01. The van der Waals surface area contributed by atoms with Gasteiger partial charge in [-0.25, -0.2) is 8.91 Å². The van der Waals surface area contributed by atoms with E-state index < -0.39 is 17.6 Å². The predicted molar refractivity (Wildman–Crippen MR) is 126 cm³/mol. The summed E-state index contributed by atoms with van der Waals surface area (Å²) in [6.07, 6.45) is -0.845. The lowest BCUT2D eigenvalue weighted by Crippen LogP contribution is -2.48. The number of pyridine rings is 1. The predicted octanol–water partition coefficient (Wildman–Crippen LogP) is 5.65. The van der Waals surface area contributed by atoms with Gasteiger partial charge in [-0.05, 0) is 79.0 Å². The van der Waals surface area contributed by atoms with Crippen LogP contribution in [0.1, 0.15) is 24.1 Å². The highest BCUT2D eigenvalue weighted by atomic mass is 32.1. The molecule has 3 aromatic heterocycles. The van der Waals surface area contributed by atoms with E-state index in [0.29, 0.717) is 29.0 Å². The first-order valence-electron chi connectivity index (χ1n) is 11.4. The number of rotatable bonds is 4. The van der Waals surface area contributed by atoms with Crippen LogP contribution in [0, 0.1) is 24.6 Å². The average Bonchev–Trinajstić information content (AvgIpc) is 3.48. The molecule has 2 unspecified atom stereocenters. The molecule has 1 aliphatic carbocycles. The number of hydrogen-bond acceptors (Lipinski definition) is 6. The molecule has 11 heteroatoms. The summed E-state index contributed by atoms with van der Waals surface area (Å²) in [5.74, 6) is 0.0225. The van der Waals surface area contributed by atoms with Gasteiger partial charge in [0.05, 0.1) is 11.3 Å². The second kappa shape index (κ2) is 8.18. The van der Waals surface area contributed by atoms with Crippen molar-refractivity contribution in [2.24, 2.45) is 11.8 Å². The number of fused-ring (bicyclic) bond motifs is 3. The maximum Gasteiger partial charge on any atom is 0.419 e. The van der Waals surface area contributed by atoms with Gasteiger partial charge in [0.1, 0.15) is 10.8 Å². The molecule has 1 aromatic carbocycles. The van der Waals surface area contributed by atoms with Gasteiger partial charge in [-0.1, -0.05) is 6.07 Å². The van der Waals surface area contributed by atoms with Crippen molar-refractivity contribution in [3.05, 3.63) is 59.7 Å². The highest BCUT2D eigenvalue weighted by Crippen LogP contribution is 2.41. The lowest BCUT2D eigenvalue weighted by Gasteiger charge is -2.38. The first kappa shape index (κ1) is 22.3. The number of aromatic nitrogens is 4. The molecular formula is C24H22F4N6S. The Morgan fingerprint density at radius 2 is 1.86 bits per heavy atom. The van der Waals surface area contributed by atoms with E-state index >= 15 is 0 Å². The Labute approximate surface area is 202 Å². The van der Waals surface area contributed by atoms with E-state index in [1.807, 2.05) is 6.92 Å². The van der Waals surface area contributed by atoms with E-state index in [9.17, 15) is 17.6 Å². The molecule has 0 radical (unpaired) electrons. The van der Waals surface area contributed by atoms with Crippen molar-refractivity contribution in [2.45, 2.75) is 32.0 Å². The molecule has 182 valence electrons. The summed E-state index contributed by atoms with van der Waals surface area (Å²) in [6.45, 7) is 3.87. The monoisotopic (exact) mass is 502 g/mol. The van der Waals surface area contributed by atoms with E-state index in [4.69, 9.17) is 0 Å². The minimum absolute atomic E-state index is 0.226. The van der Waals surface area contributed by atoms with E-state index in [2.05, 4.69) is 30.7 Å². The van der Waals surface area contributed by atoms with Gasteiger partial charge in [0, 0.05) is 30.9 Å². The number of piperidine rings is 1. The van der Waals surface area contributed by atoms with Crippen LogP contribution < -0.4 is 10.2 Å². The molecule has 1 aliphatic heterocycles. The van der Waals surface area contributed by atoms with Crippen LogP contribution in [0.2, 0.25) is 0 Å². The number of alkyl halides is 3. The molecule has 2 bridgehead atoms. The van der Waals surface area contributed by atoms with E-state index in [1.165, 1.54) is 22.6 Å². The molecule has 6 rings (SSSR count). The molecule has 1 saturated carbocycles. The average molecular weight is 503 g/mol. The zero-order valence-corrected chi connectivity index (χ0v) is 19.6. The van der Waals surface area contributed by atoms with Crippen molar-refractivity contribution in [2.75, 3.05) is 23.3 Å². The smallest absolute Gasteiger partial charge is 0.361 e. The summed E-state index contributed by atoms with van der Waals surface area (Å²) >= 11 is 1.53. The fourth-order valence-corrected chi connectivity index (χ4v) is 6.17. The molecule has 2 fully saturated rings. The van der Waals surface area contributed by atoms with Gasteiger partial charge in [-0.15, -0.1) is 5.10 Å². The van der Waals surface area contributed by atoms with E-state index in [-0.39, 0.29) is 11.6 Å². The summed E-state index contributed by atoms with van der Waals surface area (Å²) in [4.78, 5) is 7.03. The Hall–Kier alpha value is -3.21. The van der Waals surface area contributed by atoms with Crippen LogP contribution in [0.15, 0.2) is 42.6 Å². The zero-order valence-electron chi connectivity index (χ0n) is 18.8. The summed E-state index contributed by atoms with van der Waals surface area (Å²) in [5.41, 5.74) is 0.841. The molecule has 6 nitrogen and oxygen atoms in total. The van der Waals surface area contributed by atoms with Crippen LogP contribution in [-0.4, -0.2) is 38.1 Å². The first-order chi connectivity index (χ1) is 16.8. The molecular weight excluding hydrogens is 480 g/mol.